The molecule has 1 aromatic carbocycles. The van der Waals surface area contributed by atoms with Gasteiger partial charge in [0, 0.05) is 137 Å². The second-order valence-electron chi connectivity index (χ2n) is 4.35. The number of ether oxygens (including phenoxy) is 2. The van der Waals surface area contributed by atoms with Crippen molar-refractivity contribution in [3.63, 3.8) is 0 Å². The molecule has 3 radical (unpaired) electrons. The van der Waals surface area contributed by atoms with E-state index < -0.39 is 35.8 Å². The Morgan fingerprint density at radius 1 is 1.04 bits per heavy atom. The molecule has 1 heterocycles. The number of esters is 1. The maximum atomic E-state index is 11.5. The van der Waals surface area contributed by atoms with Crippen molar-refractivity contribution in [3.05, 3.63) is 30.3 Å². The fourth-order valence-corrected chi connectivity index (χ4v) is 2.95. The molecule has 0 amide bonds. The molecule has 1 fully saturated rings. The standard InChI is InChI=1S/C13H16O6S.3Ac/c1-18-12(17)11-9(15)8(14)10(16)13(19-11)20-7-5-3-2-4-6-7;;;/h2-6,8-11,13-16H,1H3;;;/t8-,9-,10+,11-,13?;;;/m0.../s1. The molecule has 1 aromatic rings. The van der Waals surface area contributed by atoms with E-state index >= 15 is 0 Å². The van der Waals surface area contributed by atoms with Gasteiger partial charge in [0.2, 0.25) is 0 Å². The van der Waals surface area contributed by atoms with Crippen LogP contribution in [-0.4, -0.2) is 58.3 Å². The molecule has 119 valence electrons. The Morgan fingerprint density at radius 2 is 1.61 bits per heavy atom. The summed E-state index contributed by atoms with van der Waals surface area (Å²) in [5, 5.41) is 29.5. The first-order valence-electron chi connectivity index (χ1n) is 6.04. The van der Waals surface area contributed by atoms with Crippen LogP contribution in [-0.2, 0) is 14.3 Å². The number of carbonyl (C=O) groups excluding carboxylic acids is 1. The van der Waals surface area contributed by atoms with Gasteiger partial charge in [0.1, 0.15) is 23.7 Å². The van der Waals surface area contributed by atoms with Gasteiger partial charge < -0.3 is 24.8 Å². The fraction of sp³-hybridized carbons (Fsp3) is 0.462. The summed E-state index contributed by atoms with van der Waals surface area (Å²) in [4.78, 5) is 12.3. The van der Waals surface area contributed by atoms with Crippen LogP contribution in [0.25, 0.3) is 0 Å². The smallest absolute Gasteiger partial charge is 0.337 e. The van der Waals surface area contributed by atoms with E-state index in [1.807, 2.05) is 30.3 Å². The van der Waals surface area contributed by atoms with Crippen LogP contribution in [0.5, 0.6) is 0 Å². The average Bonchev–Trinajstić information content (AvgIpc) is 2.48. The van der Waals surface area contributed by atoms with Gasteiger partial charge in [-0.05, 0) is 12.1 Å². The molecule has 1 unspecified atom stereocenters. The van der Waals surface area contributed by atoms with E-state index in [-0.39, 0.29) is 132 Å². The van der Waals surface area contributed by atoms with Crippen LogP contribution in [0, 0.1) is 132 Å². The zero-order valence-corrected chi connectivity index (χ0v) is 27.5. The Labute approximate surface area is 246 Å². The second-order valence-corrected chi connectivity index (χ2v) is 5.52. The summed E-state index contributed by atoms with van der Waals surface area (Å²) < 4.78 is 9.88. The number of hydrogen-bond donors (Lipinski definition) is 3. The average molecular weight is 981 g/mol. The number of rotatable bonds is 3. The maximum absolute atomic E-state index is 11.5. The number of thioether (sulfide) groups is 1. The van der Waals surface area contributed by atoms with Crippen molar-refractivity contribution >= 4 is 17.7 Å². The molecule has 5 atom stereocenters. The molecule has 23 heavy (non-hydrogen) atoms. The second kappa shape index (κ2) is 14.2. The summed E-state index contributed by atoms with van der Waals surface area (Å²) in [6, 6.07) is 9.11. The zero-order chi connectivity index (χ0) is 14.7. The number of benzene rings is 1. The molecule has 0 aliphatic carbocycles. The zero-order valence-electron chi connectivity index (χ0n) is 12.5. The van der Waals surface area contributed by atoms with E-state index in [0.29, 0.717) is 0 Å². The van der Waals surface area contributed by atoms with E-state index in [2.05, 4.69) is 4.74 Å². The van der Waals surface area contributed by atoms with Crippen molar-refractivity contribution in [2.45, 2.75) is 34.7 Å². The van der Waals surface area contributed by atoms with Crippen molar-refractivity contribution in [1.82, 2.24) is 0 Å². The minimum Gasteiger partial charge on any atom is -0.467 e. The molecule has 0 saturated carbocycles. The van der Waals surface area contributed by atoms with E-state index in [1.54, 1.807) is 0 Å². The van der Waals surface area contributed by atoms with Crippen LogP contribution < -0.4 is 0 Å². The molecule has 0 aromatic heterocycles. The number of carbonyl (C=O) groups is 1. The summed E-state index contributed by atoms with van der Waals surface area (Å²) in [5.74, 6) is -0.790. The molecule has 6 nitrogen and oxygen atoms in total. The Balaban J connectivity index is 0. The Bertz CT molecular complexity index is 466. The largest absolute Gasteiger partial charge is 0.467 e. The van der Waals surface area contributed by atoms with E-state index in [0.717, 1.165) is 23.8 Å². The third-order valence-corrected chi connectivity index (χ3v) is 4.17. The topological polar surface area (TPSA) is 96.2 Å². The van der Waals surface area contributed by atoms with Gasteiger partial charge in [0.25, 0.3) is 0 Å². The molecule has 0 spiro atoms. The van der Waals surface area contributed by atoms with Crippen LogP contribution in [0.2, 0.25) is 0 Å². The number of aliphatic hydroxyl groups excluding tert-OH is 3. The molecular formula is C13H16Ac3O6S. The molecule has 1 aliphatic heterocycles. The van der Waals surface area contributed by atoms with Crippen LogP contribution in [0.3, 0.4) is 0 Å². The summed E-state index contributed by atoms with van der Waals surface area (Å²) in [7, 11) is 1.16. The molecule has 1 aliphatic rings. The molecular weight excluding hydrogens is 965 g/mol. The first-order valence-corrected chi connectivity index (χ1v) is 6.91. The van der Waals surface area contributed by atoms with Gasteiger partial charge in [-0.1, -0.05) is 30.0 Å². The van der Waals surface area contributed by atoms with Gasteiger partial charge in [-0.3, -0.25) is 0 Å². The summed E-state index contributed by atoms with van der Waals surface area (Å²) >= 11 is 1.16. The van der Waals surface area contributed by atoms with Gasteiger partial charge in [0.05, 0.1) is 7.11 Å². The molecule has 1 saturated heterocycles. The van der Waals surface area contributed by atoms with E-state index in [1.165, 1.54) is 0 Å². The number of hydrogen-bond acceptors (Lipinski definition) is 7. The minimum atomic E-state index is -1.52. The van der Waals surface area contributed by atoms with Gasteiger partial charge in [0.15, 0.2) is 6.10 Å². The Kier molecular flexibility index (Phi) is 17.6. The van der Waals surface area contributed by atoms with Crippen molar-refractivity contribution in [2.24, 2.45) is 0 Å². The third-order valence-electron chi connectivity index (χ3n) is 3.00. The van der Waals surface area contributed by atoms with Crippen molar-refractivity contribution < 1.29 is 162 Å². The number of methoxy groups -OCH3 is 1. The molecule has 10 heteroatoms. The predicted octanol–water partition coefficient (Wildman–Crippen LogP) is -0.241. The van der Waals surface area contributed by atoms with Crippen LogP contribution in [0.15, 0.2) is 35.2 Å². The quantitative estimate of drug-likeness (QED) is 0.361. The maximum Gasteiger partial charge on any atom is 0.337 e. The summed E-state index contributed by atoms with van der Waals surface area (Å²) in [5.41, 5.74) is -0.875. The van der Waals surface area contributed by atoms with Crippen LogP contribution in [0.4, 0.5) is 0 Å². The van der Waals surface area contributed by atoms with Crippen LogP contribution >= 0.6 is 11.8 Å². The van der Waals surface area contributed by atoms with Gasteiger partial charge in [-0.25, -0.2) is 4.79 Å². The van der Waals surface area contributed by atoms with Crippen molar-refractivity contribution in [1.29, 1.82) is 0 Å². The Morgan fingerprint density at radius 3 is 2.13 bits per heavy atom. The van der Waals surface area contributed by atoms with Gasteiger partial charge in [-0.2, -0.15) is 0 Å². The van der Waals surface area contributed by atoms with Crippen molar-refractivity contribution in [2.75, 3.05) is 7.11 Å². The molecule has 0 bridgehead atoms. The third kappa shape index (κ3) is 7.99. The molecule has 3 N–H and O–H groups in total. The Hall–Kier alpha value is 3.20. The van der Waals surface area contributed by atoms with E-state index in [9.17, 15) is 20.1 Å². The normalized spacial score (nSPS) is 29.3. The van der Waals surface area contributed by atoms with Crippen molar-refractivity contribution in [3.8, 4) is 0 Å². The monoisotopic (exact) mass is 981 g/mol. The SMILES string of the molecule is COC(=O)[C@H]1OC(Sc2ccccc2)[C@H](O)[C@@H](O)[C@@H]1O.[Ac].[Ac].[Ac]. The molecule has 2 rings (SSSR count). The first kappa shape index (κ1) is 28.4. The van der Waals surface area contributed by atoms with E-state index in [4.69, 9.17) is 4.74 Å². The summed E-state index contributed by atoms with van der Waals surface area (Å²) in [6.07, 6.45) is -5.63. The summed E-state index contributed by atoms with van der Waals surface area (Å²) in [6.45, 7) is 0. The number of aliphatic hydroxyl groups is 3. The van der Waals surface area contributed by atoms with Crippen LogP contribution in [0.1, 0.15) is 0 Å². The van der Waals surface area contributed by atoms with Gasteiger partial charge in [-0.15, -0.1) is 0 Å². The first-order chi connectivity index (χ1) is 9.54. The fourth-order valence-electron chi connectivity index (χ4n) is 1.89. The van der Waals surface area contributed by atoms with Gasteiger partial charge >= 0.3 is 5.97 Å². The minimum absolute atomic E-state index is 0. The predicted molar refractivity (Wildman–Crippen MR) is 71.0 cm³/mol.